The van der Waals surface area contributed by atoms with E-state index in [-0.39, 0.29) is 6.04 Å². The second-order valence-corrected chi connectivity index (χ2v) is 6.76. The zero-order valence-corrected chi connectivity index (χ0v) is 11.8. The summed E-state index contributed by atoms with van der Waals surface area (Å²) >= 11 is 1.55. The molecular formula is C12H13FN2O2S2. The Morgan fingerprint density at radius 3 is 2.84 bits per heavy atom. The normalized spacial score (nSPS) is 13.4. The molecule has 0 bridgehead atoms. The third-order valence-corrected chi connectivity index (χ3v) is 4.84. The Hall–Kier alpha value is -1.31. The quantitative estimate of drug-likeness (QED) is 0.921. The van der Waals surface area contributed by atoms with E-state index in [9.17, 15) is 12.8 Å². The molecule has 0 saturated carbocycles. The summed E-state index contributed by atoms with van der Waals surface area (Å²) in [5, 5.41) is 1.36. The molecule has 0 aliphatic carbocycles. The number of rotatable bonds is 5. The summed E-state index contributed by atoms with van der Waals surface area (Å²) < 4.78 is 39.8. The number of sulfonamides is 1. The fourth-order valence-corrected chi connectivity index (χ4v) is 3.75. The lowest BCUT2D eigenvalue weighted by Crippen LogP contribution is -2.34. The molecule has 2 aromatic heterocycles. The van der Waals surface area contributed by atoms with Gasteiger partial charge in [-0.2, -0.15) is 0 Å². The lowest BCUT2D eigenvalue weighted by molar-refractivity contribution is 0.532. The summed E-state index contributed by atoms with van der Waals surface area (Å²) in [6.07, 6.45) is 1.81. The van der Waals surface area contributed by atoms with Gasteiger partial charge in [-0.3, -0.25) is 0 Å². The van der Waals surface area contributed by atoms with E-state index in [0.29, 0.717) is 6.42 Å². The highest BCUT2D eigenvalue weighted by Gasteiger charge is 2.22. The van der Waals surface area contributed by atoms with Crippen LogP contribution in [0, 0.1) is 5.82 Å². The summed E-state index contributed by atoms with van der Waals surface area (Å²) in [5.74, 6) is -0.849. The lowest BCUT2D eigenvalue weighted by atomic mass is 10.2. The van der Waals surface area contributed by atoms with Gasteiger partial charge in [-0.1, -0.05) is 6.07 Å². The van der Waals surface area contributed by atoms with Crippen LogP contribution >= 0.6 is 11.3 Å². The van der Waals surface area contributed by atoms with E-state index in [0.717, 1.165) is 10.9 Å². The number of aromatic nitrogens is 1. The van der Waals surface area contributed by atoms with Crippen LogP contribution in [0.3, 0.4) is 0 Å². The molecule has 4 nitrogen and oxygen atoms in total. The van der Waals surface area contributed by atoms with Crippen LogP contribution in [-0.4, -0.2) is 19.4 Å². The van der Waals surface area contributed by atoms with E-state index in [1.807, 2.05) is 17.5 Å². The van der Waals surface area contributed by atoms with Crippen molar-refractivity contribution in [1.82, 2.24) is 9.71 Å². The van der Waals surface area contributed by atoms with Gasteiger partial charge in [0.2, 0.25) is 5.03 Å². The van der Waals surface area contributed by atoms with E-state index < -0.39 is 20.9 Å². The van der Waals surface area contributed by atoms with E-state index in [4.69, 9.17) is 0 Å². The first kappa shape index (κ1) is 14.1. The summed E-state index contributed by atoms with van der Waals surface area (Å²) in [4.78, 5) is 4.64. The number of nitrogens with zero attached hydrogens (tertiary/aromatic N) is 1. The number of halogens is 1. The van der Waals surface area contributed by atoms with Crippen molar-refractivity contribution >= 4 is 21.4 Å². The average molecular weight is 300 g/mol. The molecule has 0 aromatic carbocycles. The Balaban J connectivity index is 2.11. The summed E-state index contributed by atoms with van der Waals surface area (Å²) in [5.41, 5.74) is 0. The van der Waals surface area contributed by atoms with E-state index in [1.54, 1.807) is 18.3 Å². The maximum Gasteiger partial charge on any atom is 0.261 e. The van der Waals surface area contributed by atoms with Crippen LogP contribution in [0.25, 0.3) is 0 Å². The van der Waals surface area contributed by atoms with Crippen LogP contribution in [-0.2, 0) is 16.4 Å². The predicted molar refractivity (Wildman–Crippen MR) is 72.0 cm³/mol. The van der Waals surface area contributed by atoms with Crippen LogP contribution in [0.1, 0.15) is 11.8 Å². The topological polar surface area (TPSA) is 59.1 Å². The molecule has 2 aromatic rings. The van der Waals surface area contributed by atoms with Gasteiger partial charge in [0.05, 0.1) is 0 Å². The molecular weight excluding hydrogens is 287 g/mol. The molecule has 1 unspecified atom stereocenters. The molecule has 102 valence electrons. The van der Waals surface area contributed by atoms with Crippen LogP contribution in [0.15, 0.2) is 40.9 Å². The Kier molecular flexibility index (Phi) is 4.28. The van der Waals surface area contributed by atoms with Gasteiger partial charge in [-0.05, 0) is 36.9 Å². The number of pyridine rings is 1. The minimum Gasteiger partial charge on any atom is -0.241 e. The van der Waals surface area contributed by atoms with Gasteiger partial charge in [-0.25, -0.2) is 22.5 Å². The van der Waals surface area contributed by atoms with Crippen molar-refractivity contribution < 1.29 is 12.8 Å². The highest BCUT2D eigenvalue weighted by molar-refractivity contribution is 7.89. The third kappa shape index (κ3) is 3.59. The second-order valence-electron chi connectivity index (χ2n) is 4.10. The maximum absolute atomic E-state index is 13.4. The lowest BCUT2D eigenvalue weighted by Gasteiger charge is -2.13. The highest BCUT2D eigenvalue weighted by atomic mass is 32.2. The average Bonchev–Trinajstić information content (AvgIpc) is 2.81. The van der Waals surface area contributed by atoms with Crippen LogP contribution in [0.5, 0.6) is 0 Å². The van der Waals surface area contributed by atoms with Gasteiger partial charge >= 0.3 is 0 Å². The number of hydrogen-bond donors (Lipinski definition) is 1. The van der Waals surface area contributed by atoms with Crippen molar-refractivity contribution in [2.75, 3.05) is 0 Å². The molecule has 1 atom stereocenters. The summed E-state index contributed by atoms with van der Waals surface area (Å²) in [6, 6.07) is 5.93. The molecule has 0 amide bonds. The second kappa shape index (κ2) is 5.77. The van der Waals surface area contributed by atoms with Crippen molar-refractivity contribution in [3.63, 3.8) is 0 Å². The first-order valence-corrected chi connectivity index (χ1v) is 8.00. The minimum absolute atomic E-state index is 0.329. The Morgan fingerprint density at radius 2 is 2.21 bits per heavy atom. The Morgan fingerprint density at radius 1 is 1.42 bits per heavy atom. The molecule has 0 spiro atoms. The minimum atomic E-state index is -3.92. The van der Waals surface area contributed by atoms with Gasteiger partial charge < -0.3 is 0 Å². The van der Waals surface area contributed by atoms with E-state index in [2.05, 4.69) is 9.71 Å². The van der Waals surface area contributed by atoms with Crippen molar-refractivity contribution in [2.24, 2.45) is 0 Å². The first-order valence-electron chi connectivity index (χ1n) is 5.64. The fraction of sp³-hybridized carbons (Fsp3) is 0.250. The van der Waals surface area contributed by atoms with Crippen molar-refractivity contribution in [3.8, 4) is 0 Å². The van der Waals surface area contributed by atoms with Crippen molar-refractivity contribution in [3.05, 3.63) is 46.5 Å². The summed E-state index contributed by atoms with van der Waals surface area (Å²) in [7, 11) is -3.92. The van der Waals surface area contributed by atoms with E-state index in [1.165, 1.54) is 12.3 Å². The standard InChI is InChI=1S/C12H13FN2O2S2/c1-9(8-10-4-3-7-18-10)15-19(16,17)12-11(13)5-2-6-14-12/h2-7,9,15H,8H2,1H3. The van der Waals surface area contributed by atoms with Crippen LogP contribution in [0.4, 0.5) is 4.39 Å². The van der Waals surface area contributed by atoms with Gasteiger partial charge in [0.15, 0.2) is 5.82 Å². The molecule has 7 heteroatoms. The van der Waals surface area contributed by atoms with Crippen molar-refractivity contribution in [2.45, 2.75) is 24.4 Å². The summed E-state index contributed by atoms with van der Waals surface area (Å²) in [6.45, 7) is 1.73. The zero-order valence-electron chi connectivity index (χ0n) is 10.2. The smallest absolute Gasteiger partial charge is 0.241 e. The molecule has 0 saturated heterocycles. The molecule has 0 radical (unpaired) electrons. The maximum atomic E-state index is 13.4. The zero-order chi connectivity index (χ0) is 13.9. The van der Waals surface area contributed by atoms with Crippen molar-refractivity contribution in [1.29, 1.82) is 0 Å². The van der Waals surface area contributed by atoms with Crippen LogP contribution < -0.4 is 4.72 Å². The molecule has 0 fully saturated rings. The van der Waals surface area contributed by atoms with Gasteiger partial charge in [0, 0.05) is 17.1 Å². The molecule has 1 N–H and O–H groups in total. The first-order chi connectivity index (χ1) is 8.99. The Labute approximate surface area is 115 Å². The number of hydrogen-bond acceptors (Lipinski definition) is 4. The third-order valence-electron chi connectivity index (χ3n) is 2.42. The number of thiophene rings is 1. The highest BCUT2D eigenvalue weighted by Crippen LogP contribution is 2.14. The van der Waals surface area contributed by atoms with Gasteiger partial charge in [0.1, 0.15) is 0 Å². The molecule has 2 rings (SSSR count). The van der Waals surface area contributed by atoms with E-state index >= 15 is 0 Å². The predicted octanol–water partition coefficient (Wildman–Crippen LogP) is 2.19. The largest absolute Gasteiger partial charge is 0.261 e. The fourth-order valence-electron chi connectivity index (χ4n) is 1.66. The Bertz CT molecular complexity index is 642. The number of nitrogens with one attached hydrogen (secondary N) is 1. The monoisotopic (exact) mass is 300 g/mol. The van der Waals surface area contributed by atoms with Gasteiger partial charge in [-0.15, -0.1) is 11.3 Å². The van der Waals surface area contributed by atoms with Crippen LogP contribution in [0.2, 0.25) is 0 Å². The molecule has 2 heterocycles. The van der Waals surface area contributed by atoms with Gasteiger partial charge in [0.25, 0.3) is 10.0 Å². The molecule has 0 aliphatic rings. The molecule has 0 aliphatic heterocycles. The molecule has 19 heavy (non-hydrogen) atoms. The SMILES string of the molecule is CC(Cc1cccs1)NS(=O)(=O)c1ncccc1F.